The number of hydrogen-bond donors (Lipinski definition) is 2. The Bertz CT molecular complexity index is 519. The lowest BCUT2D eigenvalue weighted by molar-refractivity contribution is 0.0949. The fourth-order valence-corrected chi connectivity index (χ4v) is 2.35. The second-order valence-electron chi connectivity index (χ2n) is 5.83. The SMILES string of the molecule is CCCCCOC(=O)Nc1ccc(C(=O)NCCN(CC)CC)cc1.Cl. The molecular weight excluding hydrogens is 354 g/mol. The first-order valence-corrected chi connectivity index (χ1v) is 9.15. The molecule has 0 aliphatic carbocycles. The van der Waals surface area contributed by atoms with E-state index in [9.17, 15) is 9.59 Å². The summed E-state index contributed by atoms with van der Waals surface area (Å²) in [6.45, 7) is 10.1. The van der Waals surface area contributed by atoms with Crippen molar-refractivity contribution in [2.75, 3.05) is 38.1 Å². The van der Waals surface area contributed by atoms with Gasteiger partial charge < -0.3 is 15.0 Å². The van der Waals surface area contributed by atoms with Gasteiger partial charge in [0.25, 0.3) is 5.91 Å². The summed E-state index contributed by atoms with van der Waals surface area (Å²) in [4.78, 5) is 26.0. The van der Waals surface area contributed by atoms with Gasteiger partial charge in [-0.15, -0.1) is 12.4 Å². The summed E-state index contributed by atoms with van der Waals surface area (Å²) in [5.41, 5.74) is 1.18. The fourth-order valence-electron chi connectivity index (χ4n) is 2.35. The predicted octanol–water partition coefficient (Wildman–Crippen LogP) is 3.92. The van der Waals surface area contributed by atoms with E-state index in [-0.39, 0.29) is 18.3 Å². The quantitative estimate of drug-likeness (QED) is 0.566. The molecular formula is C19H32ClN3O3. The number of carbonyl (C=O) groups is 2. The van der Waals surface area contributed by atoms with Crippen LogP contribution in [0.2, 0.25) is 0 Å². The van der Waals surface area contributed by atoms with Gasteiger partial charge in [-0.25, -0.2) is 4.79 Å². The van der Waals surface area contributed by atoms with Crippen molar-refractivity contribution in [3.8, 4) is 0 Å². The lowest BCUT2D eigenvalue weighted by atomic mass is 10.2. The molecule has 2 amide bonds. The number of nitrogens with one attached hydrogen (secondary N) is 2. The largest absolute Gasteiger partial charge is 0.449 e. The van der Waals surface area contributed by atoms with Crippen molar-refractivity contribution >= 4 is 30.1 Å². The molecule has 0 heterocycles. The van der Waals surface area contributed by atoms with Crippen molar-refractivity contribution in [1.82, 2.24) is 10.2 Å². The molecule has 0 unspecified atom stereocenters. The number of ether oxygens (including phenoxy) is 1. The minimum Gasteiger partial charge on any atom is -0.449 e. The molecule has 0 aliphatic heterocycles. The highest BCUT2D eigenvalue weighted by Crippen LogP contribution is 2.10. The van der Waals surface area contributed by atoms with Gasteiger partial charge in [-0.05, 0) is 43.8 Å². The van der Waals surface area contributed by atoms with Crippen LogP contribution >= 0.6 is 12.4 Å². The molecule has 0 saturated carbocycles. The molecule has 6 nitrogen and oxygen atoms in total. The summed E-state index contributed by atoms with van der Waals surface area (Å²) in [7, 11) is 0. The van der Waals surface area contributed by atoms with E-state index in [2.05, 4.69) is 36.3 Å². The van der Waals surface area contributed by atoms with Crippen molar-refractivity contribution in [3.05, 3.63) is 29.8 Å². The number of benzene rings is 1. The van der Waals surface area contributed by atoms with Crippen LogP contribution in [0.15, 0.2) is 24.3 Å². The Kier molecular flexibility index (Phi) is 13.4. The van der Waals surface area contributed by atoms with Gasteiger partial charge in [-0.2, -0.15) is 0 Å². The van der Waals surface area contributed by atoms with E-state index < -0.39 is 6.09 Å². The Labute approximate surface area is 163 Å². The summed E-state index contributed by atoms with van der Waals surface area (Å²) in [5.74, 6) is -0.110. The van der Waals surface area contributed by atoms with Crippen molar-refractivity contribution in [1.29, 1.82) is 0 Å². The average molecular weight is 386 g/mol. The zero-order valence-electron chi connectivity index (χ0n) is 16.0. The molecule has 1 aromatic carbocycles. The van der Waals surface area contributed by atoms with Crippen LogP contribution in [0.4, 0.5) is 10.5 Å². The Morgan fingerprint density at radius 1 is 1.04 bits per heavy atom. The maximum absolute atomic E-state index is 12.1. The second kappa shape index (κ2) is 14.4. The molecule has 0 spiro atoms. The van der Waals surface area contributed by atoms with Crippen LogP contribution in [-0.2, 0) is 4.74 Å². The van der Waals surface area contributed by atoms with Crippen LogP contribution in [0.3, 0.4) is 0 Å². The zero-order valence-corrected chi connectivity index (χ0v) is 16.9. The van der Waals surface area contributed by atoms with Gasteiger partial charge in [0.05, 0.1) is 6.61 Å². The first kappa shape index (κ1) is 24.2. The summed E-state index contributed by atoms with van der Waals surface area (Å²) in [6, 6.07) is 6.79. The average Bonchev–Trinajstić information content (AvgIpc) is 2.63. The lowest BCUT2D eigenvalue weighted by Crippen LogP contribution is -2.34. The first-order valence-electron chi connectivity index (χ1n) is 9.15. The van der Waals surface area contributed by atoms with Gasteiger partial charge in [0.1, 0.15) is 0 Å². The van der Waals surface area contributed by atoms with E-state index in [0.717, 1.165) is 38.9 Å². The second-order valence-corrected chi connectivity index (χ2v) is 5.83. The van der Waals surface area contributed by atoms with Gasteiger partial charge >= 0.3 is 6.09 Å². The number of unbranched alkanes of at least 4 members (excludes halogenated alkanes) is 2. The van der Waals surface area contributed by atoms with Crippen molar-refractivity contribution in [3.63, 3.8) is 0 Å². The highest BCUT2D eigenvalue weighted by atomic mass is 35.5. The summed E-state index contributed by atoms with van der Waals surface area (Å²) in [6.07, 6.45) is 2.54. The maximum atomic E-state index is 12.1. The molecule has 1 aromatic rings. The minimum atomic E-state index is -0.465. The molecule has 0 fully saturated rings. The first-order chi connectivity index (χ1) is 12.1. The normalized spacial score (nSPS) is 10.2. The van der Waals surface area contributed by atoms with Gasteiger partial charge in [-0.3, -0.25) is 10.1 Å². The lowest BCUT2D eigenvalue weighted by Gasteiger charge is -2.17. The van der Waals surface area contributed by atoms with Crippen molar-refractivity contribution in [2.45, 2.75) is 40.0 Å². The van der Waals surface area contributed by atoms with Crippen LogP contribution in [0.5, 0.6) is 0 Å². The Balaban J connectivity index is 0.00000625. The van der Waals surface area contributed by atoms with E-state index in [1.807, 2.05) is 0 Å². The molecule has 0 atom stereocenters. The highest BCUT2D eigenvalue weighted by Gasteiger charge is 2.07. The van der Waals surface area contributed by atoms with Gasteiger partial charge in [-0.1, -0.05) is 33.6 Å². The molecule has 26 heavy (non-hydrogen) atoms. The number of carbonyl (C=O) groups excluding carboxylic acids is 2. The van der Waals surface area contributed by atoms with Crippen LogP contribution in [-0.4, -0.2) is 49.7 Å². The van der Waals surface area contributed by atoms with E-state index in [4.69, 9.17) is 4.74 Å². The molecule has 148 valence electrons. The number of likely N-dealkylation sites (N-methyl/N-ethyl adjacent to an activating group) is 1. The smallest absolute Gasteiger partial charge is 0.411 e. The number of halogens is 1. The van der Waals surface area contributed by atoms with E-state index in [0.29, 0.717) is 24.4 Å². The van der Waals surface area contributed by atoms with Crippen LogP contribution in [0, 0.1) is 0 Å². The minimum absolute atomic E-state index is 0. The predicted molar refractivity (Wildman–Crippen MR) is 108 cm³/mol. The Hall–Kier alpha value is -1.79. The van der Waals surface area contributed by atoms with Crippen molar-refractivity contribution < 1.29 is 14.3 Å². The molecule has 1 rings (SSSR count). The van der Waals surface area contributed by atoms with Gasteiger partial charge in [0.15, 0.2) is 0 Å². The molecule has 2 N–H and O–H groups in total. The van der Waals surface area contributed by atoms with Crippen molar-refractivity contribution in [2.24, 2.45) is 0 Å². The number of nitrogens with zero attached hydrogens (tertiary/aromatic N) is 1. The summed E-state index contributed by atoms with van der Waals surface area (Å²) in [5, 5.41) is 5.56. The topological polar surface area (TPSA) is 70.7 Å². The van der Waals surface area contributed by atoms with E-state index in [1.165, 1.54) is 0 Å². The maximum Gasteiger partial charge on any atom is 0.411 e. The van der Waals surface area contributed by atoms with Crippen LogP contribution in [0.25, 0.3) is 0 Å². The summed E-state index contributed by atoms with van der Waals surface area (Å²) >= 11 is 0. The van der Waals surface area contributed by atoms with Gasteiger partial charge in [0.2, 0.25) is 0 Å². The Morgan fingerprint density at radius 3 is 2.27 bits per heavy atom. The number of amides is 2. The van der Waals surface area contributed by atoms with Crippen LogP contribution < -0.4 is 10.6 Å². The fraction of sp³-hybridized carbons (Fsp3) is 0.579. The molecule has 0 aliphatic rings. The molecule has 0 radical (unpaired) electrons. The third-order valence-electron chi connectivity index (χ3n) is 3.98. The van der Waals surface area contributed by atoms with E-state index in [1.54, 1.807) is 24.3 Å². The third-order valence-corrected chi connectivity index (χ3v) is 3.98. The van der Waals surface area contributed by atoms with Crippen LogP contribution in [0.1, 0.15) is 50.4 Å². The van der Waals surface area contributed by atoms with E-state index >= 15 is 0 Å². The summed E-state index contributed by atoms with van der Waals surface area (Å²) < 4.78 is 5.09. The molecule has 7 heteroatoms. The molecule has 0 bridgehead atoms. The number of anilines is 1. The zero-order chi connectivity index (χ0) is 18.5. The highest BCUT2D eigenvalue weighted by molar-refractivity contribution is 5.95. The monoisotopic (exact) mass is 385 g/mol. The third kappa shape index (κ3) is 9.63. The number of rotatable bonds is 11. The molecule has 0 aromatic heterocycles. The standard InChI is InChI=1S/C19H31N3O3.ClH/c1-4-7-8-15-25-19(24)21-17-11-9-16(10-12-17)18(23)20-13-14-22(5-2)6-3;/h9-12H,4-8,13-15H2,1-3H3,(H,20,23)(H,21,24);1H. The molecule has 0 saturated heterocycles. The Morgan fingerprint density at radius 2 is 1.69 bits per heavy atom. The van der Waals surface area contributed by atoms with Gasteiger partial charge in [0, 0.05) is 24.3 Å². The number of hydrogen-bond acceptors (Lipinski definition) is 4.